The summed E-state index contributed by atoms with van der Waals surface area (Å²) < 4.78 is 13.2. The first-order valence-corrected chi connectivity index (χ1v) is 10.5. The Kier molecular flexibility index (Phi) is 5.31. The van der Waals surface area contributed by atoms with Crippen molar-refractivity contribution in [1.82, 2.24) is 9.47 Å². The lowest BCUT2D eigenvalue weighted by Crippen LogP contribution is -2.62. The van der Waals surface area contributed by atoms with Gasteiger partial charge in [-0.15, -0.1) is 0 Å². The monoisotopic (exact) mass is 402 g/mol. The molecule has 1 aliphatic carbocycles. The quantitative estimate of drug-likeness (QED) is 0.751. The molecule has 7 nitrogen and oxygen atoms in total. The van der Waals surface area contributed by atoms with Crippen molar-refractivity contribution in [2.24, 2.45) is 5.41 Å². The number of nitrogens with zero attached hydrogens (tertiary/aromatic N) is 2. The number of carbonyl (C=O) groups is 1. The Bertz CT molecular complexity index is 762. The Balaban J connectivity index is 1.96. The summed E-state index contributed by atoms with van der Waals surface area (Å²) in [4.78, 5) is 25.5. The van der Waals surface area contributed by atoms with Crippen molar-refractivity contribution >= 4 is 28.9 Å². The zero-order valence-corrected chi connectivity index (χ0v) is 16.2. The number of aliphatic hydroxyl groups is 1. The smallest absolute Gasteiger partial charge is 0.407 e. The number of piperidine rings is 1. The summed E-state index contributed by atoms with van der Waals surface area (Å²) in [7, 11) is 0. The van der Waals surface area contributed by atoms with Gasteiger partial charge in [-0.2, -0.15) is 0 Å². The molecule has 2 aliphatic rings. The predicted octanol–water partition coefficient (Wildman–Crippen LogP) is 1.91. The molecule has 1 saturated carbocycles. The van der Waals surface area contributed by atoms with Crippen molar-refractivity contribution in [2.75, 3.05) is 19.3 Å². The van der Waals surface area contributed by atoms with Gasteiger partial charge in [-0.3, -0.25) is 4.79 Å². The third kappa shape index (κ3) is 3.35. The summed E-state index contributed by atoms with van der Waals surface area (Å²) >= 11 is 4.65. The maximum Gasteiger partial charge on any atom is 0.407 e. The summed E-state index contributed by atoms with van der Waals surface area (Å²) in [5.74, 6) is 0. The Hall–Kier alpha value is -1.22. The second-order valence-corrected chi connectivity index (χ2v) is 9.13. The van der Waals surface area contributed by atoms with Crippen LogP contribution in [0.4, 0.5) is 4.79 Å². The Morgan fingerprint density at radius 3 is 2.62 bits per heavy atom. The van der Waals surface area contributed by atoms with Gasteiger partial charge in [0.05, 0.1) is 18.3 Å². The lowest BCUT2D eigenvalue weighted by Gasteiger charge is -2.51. The fraction of sp³-hybridized carbons (Fsp3) is 0.647. The van der Waals surface area contributed by atoms with E-state index in [1.807, 2.05) is 0 Å². The number of halogens is 1. The lowest BCUT2D eigenvalue weighted by atomic mass is 9.66. The SMILES string of the molecule is C[S+]([O-])c1cn(CC2(O)CCN(C(=O)O)CC23CCCC3)c(=O)cc1Cl. The van der Waals surface area contributed by atoms with Crippen LogP contribution < -0.4 is 5.56 Å². The largest absolute Gasteiger partial charge is 0.612 e. The standard InChI is InChI=1S/C17H23ClN2O5S/c1-26(25)13-9-20(14(21)8-12(13)18)11-17(24)6-7-19(15(22)23)10-16(17)4-2-3-5-16/h8-9,24H,2-7,10-11H2,1H3,(H,22,23). The molecule has 1 amide bonds. The van der Waals surface area contributed by atoms with Crippen molar-refractivity contribution in [1.29, 1.82) is 0 Å². The van der Waals surface area contributed by atoms with Gasteiger partial charge in [0.2, 0.25) is 0 Å². The number of amides is 1. The van der Waals surface area contributed by atoms with E-state index in [4.69, 9.17) is 11.6 Å². The fourth-order valence-corrected chi connectivity index (χ4v) is 5.49. The van der Waals surface area contributed by atoms with Crippen LogP contribution in [0.3, 0.4) is 0 Å². The highest BCUT2D eigenvalue weighted by atomic mass is 35.5. The molecule has 0 aromatic carbocycles. The predicted molar refractivity (Wildman–Crippen MR) is 98.1 cm³/mol. The summed E-state index contributed by atoms with van der Waals surface area (Å²) in [5.41, 5.74) is -2.13. The minimum Gasteiger partial charge on any atom is -0.612 e. The Morgan fingerprint density at radius 1 is 1.38 bits per heavy atom. The van der Waals surface area contributed by atoms with Crippen LogP contribution in [0.1, 0.15) is 32.1 Å². The minimum atomic E-state index is -1.36. The summed E-state index contributed by atoms with van der Waals surface area (Å²) in [6, 6.07) is 1.22. The second-order valence-electron chi connectivity index (χ2n) is 7.38. The van der Waals surface area contributed by atoms with Crippen LogP contribution in [0.15, 0.2) is 22.0 Å². The van der Waals surface area contributed by atoms with Crippen molar-refractivity contribution in [3.63, 3.8) is 0 Å². The second kappa shape index (κ2) is 7.07. The molecule has 2 fully saturated rings. The van der Waals surface area contributed by atoms with E-state index in [9.17, 15) is 24.4 Å². The molecule has 1 aliphatic heterocycles. The average Bonchev–Trinajstić information content (AvgIpc) is 3.02. The highest BCUT2D eigenvalue weighted by Crippen LogP contribution is 2.51. The van der Waals surface area contributed by atoms with Crippen LogP contribution in [0.25, 0.3) is 0 Å². The number of likely N-dealkylation sites (tertiary alicyclic amines) is 1. The van der Waals surface area contributed by atoms with Crippen LogP contribution in [0, 0.1) is 5.41 Å². The van der Waals surface area contributed by atoms with Gasteiger partial charge in [-0.1, -0.05) is 24.4 Å². The molecule has 2 N–H and O–H groups in total. The number of hydrogen-bond donors (Lipinski definition) is 2. The molecule has 1 saturated heterocycles. The molecule has 1 aromatic heterocycles. The van der Waals surface area contributed by atoms with E-state index in [0.717, 1.165) is 25.7 Å². The van der Waals surface area contributed by atoms with Gasteiger partial charge in [0.15, 0.2) is 4.90 Å². The topological polar surface area (TPSA) is 106 Å². The molecule has 0 radical (unpaired) electrons. The number of carboxylic acid groups (broad SMARTS) is 1. The van der Waals surface area contributed by atoms with Gasteiger partial charge in [0.25, 0.3) is 5.56 Å². The molecule has 144 valence electrons. The van der Waals surface area contributed by atoms with Gasteiger partial charge >= 0.3 is 6.09 Å². The van der Waals surface area contributed by atoms with Crippen LogP contribution in [-0.2, 0) is 17.7 Å². The zero-order valence-electron chi connectivity index (χ0n) is 14.6. The first-order chi connectivity index (χ1) is 12.2. The van der Waals surface area contributed by atoms with Crippen molar-refractivity contribution in [2.45, 2.75) is 49.1 Å². The average molecular weight is 403 g/mol. The van der Waals surface area contributed by atoms with Crippen molar-refractivity contribution in [3.05, 3.63) is 27.6 Å². The number of rotatable bonds is 3. The lowest BCUT2D eigenvalue weighted by molar-refractivity contribution is -0.137. The third-order valence-corrected chi connectivity index (χ3v) is 7.26. The van der Waals surface area contributed by atoms with Crippen LogP contribution in [-0.4, -0.2) is 55.3 Å². The van der Waals surface area contributed by atoms with E-state index in [1.54, 1.807) is 0 Å². The first-order valence-electron chi connectivity index (χ1n) is 8.61. The Morgan fingerprint density at radius 2 is 2.04 bits per heavy atom. The molecular formula is C17H23ClN2O5S. The van der Waals surface area contributed by atoms with E-state index < -0.39 is 28.3 Å². The number of aromatic nitrogens is 1. The first kappa shape index (κ1) is 19.5. The van der Waals surface area contributed by atoms with Gasteiger partial charge in [0.1, 0.15) is 11.3 Å². The van der Waals surface area contributed by atoms with E-state index in [2.05, 4.69) is 0 Å². The molecular weight excluding hydrogens is 380 g/mol. The third-order valence-electron chi connectivity index (χ3n) is 5.89. The zero-order chi connectivity index (χ0) is 19.1. The molecule has 2 unspecified atom stereocenters. The highest BCUT2D eigenvalue weighted by Gasteiger charge is 2.55. The minimum absolute atomic E-state index is 0.0423. The number of pyridine rings is 1. The molecule has 0 bridgehead atoms. The van der Waals surface area contributed by atoms with Crippen LogP contribution in [0.5, 0.6) is 0 Å². The van der Waals surface area contributed by atoms with Gasteiger partial charge in [0, 0.05) is 24.6 Å². The maximum absolute atomic E-state index is 12.4. The van der Waals surface area contributed by atoms with Crippen molar-refractivity contribution < 1.29 is 19.6 Å². The van der Waals surface area contributed by atoms with Gasteiger partial charge < -0.3 is 24.2 Å². The molecule has 26 heavy (non-hydrogen) atoms. The van der Waals surface area contributed by atoms with Crippen LogP contribution in [0.2, 0.25) is 5.02 Å². The maximum atomic E-state index is 12.4. The molecule has 3 rings (SSSR count). The van der Waals surface area contributed by atoms with E-state index in [-0.39, 0.29) is 36.6 Å². The summed E-state index contributed by atoms with van der Waals surface area (Å²) in [6.45, 7) is 0.539. The molecule has 1 spiro atoms. The summed E-state index contributed by atoms with van der Waals surface area (Å²) in [6.07, 6.45) is 5.51. The number of hydrogen-bond acceptors (Lipinski definition) is 4. The van der Waals surface area contributed by atoms with E-state index in [1.165, 1.54) is 28.0 Å². The van der Waals surface area contributed by atoms with Crippen LogP contribution >= 0.6 is 11.6 Å². The van der Waals surface area contributed by atoms with E-state index >= 15 is 0 Å². The molecule has 1 aromatic rings. The molecule has 2 heterocycles. The molecule has 9 heteroatoms. The fourth-order valence-electron chi connectivity index (χ4n) is 4.41. The van der Waals surface area contributed by atoms with E-state index in [0.29, 0.717) is 4.90 Å². The molecule has 2 atom stereocenters. The van der Waals surface area contributed by atoms with Crippen molar-refractivity contribution in [3.8, 4) is 0 Å². The normalized spacial score (nSPS) is 26.2. The Labute approximate surface area is 159 Å². The van der Waals surface area contributed by atoms with Gasteiger partial charge in [-0.25, -0.2) is 4.79 Å². The summed E-state index contributed by atoms with van der Waals surface area (Å²) in [5, 5.41) is 21.0. The van der Waals surface area contributed by atoms with Gasteiger partial charge in [-0.05, 0) is 30.4 Å². The highest BCUT2D eigenvalue weighted by molar-refractivity contribution is 7.90.